The standard InChI is InChI=1S/C26H31Cl2N7O3.C8H12FN/c1-31-25(36)23(30)22(28)19-11-35(7-3-6-32-19)24-16-12-38-20(10-18(16)33-26(34-24)37-2)15-8-14(29)9-17(27)21(15)13-4-5-13;9-5-7-4-8-2-1-3-10(8)6-7/h8-9,13,20H,3-7,10-12,29-30H2,1-2H3,(H,31,36);5,8H,1-4,6H2/b23-22+;7-5-. The fourth-order valence-corrected chi connectivity index (χ4v) is 7.64. The first kappa shape index (κ1) is 34.4. The number of hydrogen-bond donors (Lipinski definition) is 3. The average Bonchev–Trinajstić information content (AvgIpc) is 3.78. The molecular weight excluding hydrogens is 658 g/mol. The number of ether oxygens (including phenoxy) is 2. The second kappa shape index (κ2) is 15.0. The number of nitrogens with two attached hydrogens (primary N) is 2. The zero-order valence-corrected chi connectivity index (χ0v) is 28.9. The van der Waals surface area contributed by atoms with Gasteiger partial charge in [-0.25, -0.2) is 4.39 Å². The summed E-state index contributed by atoms with van der Waals surface area (Å²) in [5.41, 5.74) is 18.1. The summed E-state index contributed by atoms with van der Waals surface area (Å²) in [6.07, 6.45) is 7.64. The van der Waals surface area contributed by atoms with Crippen molar-refractivity contribution in [2.45, 2.75) is 69.6 Å². The van der Waals surface area contributed by atoms with E-state index >= 15 is 0 Å². The van der Waals surface area contributed by atoms with E-state index in [0.717, 1.165) is 66.5 Å². The minimum atomic E-state index is -0.457. The molecule has 11 nitrogen and oxygen atoms in total. The van der Waals surface area contributed by atoms with Crippen LogP contribution in [0.15, 0.2) is 39.8 Å². The van der Waals surface area contributed by atoms with E-state index in [0.29, 0.717) is 66.9 Å². The number of amides is 1. The molecule has 48 heavy (non-hydrogen) atoms. The van der Waals surface area contributed by atoms with Gasteiger partial charge in [-0.15, -0.1) is 0 Å². The van der Waals surface area contributed by atoms with E-state index in [1.165, 1.54) is 26.4 Å². The maximum absolute atomic E-state index is 12.1. The van der Waals surface area contributed by atoms with E-state index in [-0.39, 0.29) is 22.8 Å². The number of aromatic nitrogens is 2. The van der Waals surface area contributed by atoms with Crippen LogP contribution < -0.4 is 26.4 Å². The monoisotopic (exact) mass is 700 g/mol. The Kier molecular flexibility index (Phi) is 10.7. The van der Waals surface area contributed by atoms with Crippen molar-refractivity contribution >= 4 is 46.3 Å². The molecule has 2 saturated heterocycles. The second-order valence-electron chi connectivity index (χ2n) is 12.9. The number of hydrogen-bond acceptors (Lipinski definition) is 10. The van der Waals surface area contributed by atoms with E-state index in [2.05, 4.69) is 25.1 Å². The first-order chi connectivity index (χ1) is 23.2. The summed E-state index contributed by atoms with van der Waals surface area (Å²) in [5, 5.41) is 3.32. The molecule has 3 fully saturated rings. The number of nitrogen functional groups attached to an aromatic ring is 1. The third kappa shape index (κ3) is 7.41. The zero-order chi connectivity index (χ0) is 33.9. The average molecular weight is 702 g/mol. The highest BCUT2D eigenvalue weighted by Gasteiger charge is 2.35. The van der Waals surface area contributed by atoms with Gasteiger partial charge in [0.25, 0.3) is 5.91 Å². The first-order valence-electron chi connectivity index (χ1n) is 16.5. The molecule has 1 aromatic heterocycles. The lowest BCUT2D eigenvalue weighted by atomic mass is 9.92. The quantitative estimate of drug-likeness (QED) is 0.282. The Morgan fingerprint density at radius 2 is 1.98 bits per heavy atom. The number of halogens is 3. The Hall–Kier alpha value is -3.45. The Morgan fingerprint density at radius 1 is 1.17 bits per heavy atom. The highest BCUT2D eigenvalue weighted by molar-refractivity contribution is 6.45. The van der Waals surface area contributed by atoms with E-state index in [4.69, 9.17) is 49.1 Å². The van der Waals surface area contributed by atoms with Crippen LogP contribution in [0.5, 0.6) is 6.01 Å². The number of aliphatic imine (C=N–C) groups is 1. The summed E-state index contributed by atoms with van der Waals surface area (Å²) in [6.45, 7) is 3.92. The topological polar surface area (TPSA) is 144 Å². The number of likely N-dealkylation sites (N-methyl/N-ethyl adjacent to an activating group) is 1. The lowest BCUT2D eigenvalue weighted by Crippen LogP contribution is -2.34. The lowest BCUT2D eigenvalue weighted by Gasteiger charge is -2.31. The normalized spacial score (nSPS) is 23.7. The molecule has 1 aliphatic carbocycles. The minimum Gasteiger partial charge on any atom is -0.467 e. The van der Waals surface area contributed by atoms with Crippen molar-refractivity contribution in [3.8, 4) is 6.01 Å². The van der Waals surface area contributed by atoms with Crippen molar-refractivity contribution in [3.05, 3.63) is 62.2 Å². The van der Waals surface area contributed by atoms with Crippen LogP contribution in [-0.2, 0) is 22.6 Å². The molecule has 0 bridgehead atoms. The zero-order valence-electron chi connectivity index (χ0n) is 27.4. The van der Waals surface area contributed by atoms with Gasteiger partial charge in [-0.05, 0) is 79.8 Å². The number of nitrogens with one attached hydrogen (secondary N) is 1. The second-order valence-corrected chi connectivity index (χ2v) is 13.7. The summed E-state index contributed by atoms with van der Waals surface area (Å²) in [6, 6.07) is 4.73. The summed E-state index contributed by atoms with van der Waals surface area (Å²) in [4.78, 5) is 30.5. The van der Waals surface area contributed by atoms with Crippen LogP contribution in [0.2, 0.25) is 5.02 Å². The molecule has 4 aliphatic heterocycles. The maximum atomic E-state index is 12.1. The molecule has 1 saturated carbocycles. The molecule has 258 valence electrons. The molecule has 2 atom stereocenters. The van der Waals surface area contributed by atoms with Gasteiger partial charge in [0.15, 0.2) is 0 Å². The molecule has 0 spiro atoms. The van der Waals surface area contributed by atoms with E-state index < -0.39 is 5.91 Å². The minimum absolute atomic E-state index is 0.0736. The number of methoxy groups -OCH3 is 1. The molecule has 14 heteroatoms. The Morgan fingerprint density at radius 3 is 2.69 bits per heavy atom. The van der Waals surface area contributed by atoms with Crippen molar-refractivity contribution in [3.63, 3.8) is 0 Å². The van der Waals surface area contributed by atoms with Gasteiger partial charge in [-0.2, -0.15) is 9.97 Å². The number of carbonyl (C=O) groups excluding carboxylic acids is 1. The largest absolute Gasteiger partial charge is 0.467 e. The van der Waals surface area contributed by atoms with Crippen LogP contribution >= 0.6 is 23.2 Å². The predicted octanol–water partition coefficient (Wildman–Crippen LogP) is 4.93. The van der Waals surface area contributed by atoms with Gasteiger partial charge in [-0.3, -0.25) is 14.7 Å². The van der Waals surface area contributed by atoms with Crippen molar-refractivity contribution < 1.29 is 18.7 Å². The summed E-state index contributed by atoms with van der Waals surface area (Å²) in [7, 11) is 3.04. The van der Waals surface area contributed by atoms with Gasteiger partial charge in [0.1, 0.15) is 11.5 Å². The van der Waals surface area contributed by atoms with E-state index in [9.17, 15) is 9.18 Å². The van der Waals surface area contributed by atoms with Crippen molar-refractivity contribution in [2.24, 2.45) is 10.7 Å². The number of benzene rings is 1. The fraction of sp³-hybridized carbons (Fsp3) is 0.529. The number of rotatable bonds is 6. The summed E-state index contributed by atoms with van der Waals surface area (Å²) in [5.74, 6) is 0.672. The molecule has 5 heterocycles. The molecular formula is C34H43Cl2FN8O3. The predicted molar refractivity (Wildman–Crippen MR) is 186 cm³/mol. The summed E-state index contributed by atoms with van der Waals surface area (Å²) < 4.78 is 23.9. The first-order valence-corrected chi connectivity index (χ1v) is 17.3. The molecule has 7 rings (SSSR count). The molecule has 2 aromatic rings. The van der Waals surface area contributed by atoms with Gasteiger partial charge in [0, 0.05) is 55.4 Å². The molecule has 0 radical (unpaired) electrons. The van der Waals surface area contributed by atoms with Gasteiger partial charge in [0.2, 0.25) is 0 Å². The van der Waals surface area contributed by atoms with Crippen molar-refractivity contribution in [1.29, 1.82) is 0 Å². The third-order valence-corrected chi connectivity index (χ3v) is 10.3. The Balaban J connectivity index is 0.000000340. The van der Waals surface area contributed by atoms with Gasteiger partial charge in [0.05, 0.1) is 49.1 Å². The van der Waals surface area contributed by atoms with Gasteiger partial charge in [-0.1, -0.05) is 23.2 Å². The van der Waals surface area contributed by atoms with E-state index in [1.807, 2.05) is 12.1 Å². The summed E-state index contributed by atoms with van der Waals surface area (Å²) >= 11 is 13.1. The van der Waals surface area contributed by atoms with Crippen LogP contribution in [-0.4, -0.2) is 79.4 Å². The van der Waals surface area contributed by atoms with E-state index in [1.54, 1.807) is 7.11 Å². The highest BCUT2D eigenvalue weighted by atomic mass is 35.5. The van der Waals surface area contributed by atoms with Crippen molar-refractivity contribution in [1.82, 2.24) is 20.2 Å². The van der Waals surface area contributed by atoms with Crippen LogP contribution in [0.1, 0.15) is 72.9 Å². The Bertz CT molecular complexity index is 1630. The molecule has 5 aliphatic rings. The smallest absolute Gasteiger partial charge is 0.318 e. The van der Waals surface area contributed by atoms with Gasteiger partial charge >= 0.3 is 6.01 Å². The molecule has 1 amide bonds. The molecule has 2 unspecified atom stereocenters. The third-order valence-electron chi connectivity index (χ3n) is 9.60. The number of carbonyl (C=O) groups is 1. The van der Waals surface area contributed by atoms with Crippen LogP contribution in [0.3, 0.4) is 0 Å². The van der Waals surface area contributed by atoms with Crippen LogP contribution in [0, 0.1) is 0 Å². The molecule has 1 aromatic carbocycles. The maximum Gasteiger partial charge on any atom is 0.318 e. The number of fused-ring (bicyclic) bond motifs is 2. The lowest BCUT2D eigenvalue weighted by molar-refractivity contribution is -0.117. The van der Waals surface area contributed by atoms with Crippen LogP contribution in [0.4, 0.5) is 15.9 Å². The van der Waals surface area contributed by atoms with Gasteiger partial charge < -0.3 is 31.2 Å². The molecule has 5 N–H and O–H groups in total. The van der Waals surface area contributed by atoms with Crippen molar-refractivity contribution in [2.75, 3.05) is 57.5 Å². The number of anilines is 2. The SMILES string of the molecule is CNC(=O)/C(N)=C(\Cl)C1=NCCCN(c2nc(OC)nc3c2COC(c2cc(N)cc(Cl)c2C2CC2)C3)C1.F/C=C1/CC2CCCN2C1. The highest BCUT2D eigenvalue weighted by Crippen LogP contribution is 2.49. The fourth-order valence-electron chi connectivity index (χ4n) is 7.05. The van der Waals surface area contributed by atoms with Crippen LogP contribution in [0.25, 0.3) is 0 Å². The number of nitrogens with zero attached hydrogens (tertiary/aromatic N) is 5. The Labute approximate surface area is 290 Å².